The molecule has 34 heavy (non-hydrogen) atoms. The van der Waals surface area contributed by atoms with Gasteiger partial charge in [-0.25, -0.2) is 9.59 Å². The predicted octanol–water partition coefficient (Wildman–Crippen LogP) is 2.85. The van der Waals surface area contributed by atoms with Crippen LogP contribution in [0.5, 0.6) is 0 Å². The van der Waals surface area contributed by atoms with Crippen molar-refractivity contribution in [2.24, 2.45) is 11.3 Å². The molecule has 0 radical (unpaired) electrons. The van der Waals surface area contributed by atoms with E-state index in [0.717, 1.165) is 4.90 Å². The number of likely N-dealkylation sites (tertiary alicyclic amines) is 1. The topological polar surface area (TPSA) is 131 Å². The summed E-state index contributed by atoms with van der Waals surface area (Å²) in [6.45, 7) is 10.3. The van der Waals surface area contributed by atoms with E-state index in [1.807, 2.05) is 13.1 Å². The number of carbonyl (C=O) groups is 3. The molecule has 2 saturated heterocycles. The number of imide groups is 1. The summed E-state index contributed by atoms with van der Waals surface area (Å²) >= 11 is 0. The minimum Gasteiger partial charge on any atom is -0.444 e. The number of hydrogen-bond donors (Lipinski definition) is 1. The summed E-state index contributed by atoms with van der Waals surface area (Å²) in [5, 5.41) is 13.4. The van der Waals surface area contributed by atoms with Crippen LogP contribution >= 0.6 is 0 Å². The Morgan fingerprint density at radius 1 is 1.26 bits per heavy atom. The monoisotopic (exact) mass is 492 g/mol. The lowest BCUT2D eigenvalue weighted by atomic mass is 9.79. The third-order valence-electron chi connectivity index (χ3n) is 6.21. The van der Waals surface area contributed by atoms with Crippen molar-refractivity contribution in [1.82, 2.24) is 15.1 Å². The second-order valence-corrected chi connectivity index (χ2v) is 12.4. The number of benzene rings is 1. The van der Waals surface area contributed by atoms with Crippen LogP contribution in [-0.4, -0.2) is 67.2 Å². The van der Waals surface area contributed by atoms with Crippen LogP contribution in [0.3, 0.4) is 0 Å². The van der Waals surface area contributed by atoms with Crippen molar-refractivity contribution in [2.45, 2.75) is 52.6 Å². The number of non-ortho nitro benzene ring substituents is 1. The number of ether oxygens (including phenoxy) is 1. The van der Waals surface area contributed by atoms with Crippen LogP contribution in [0.25, 0.3) is 0 Å². The third-order valence-corrected chi connectivity index (χ3v) is 7.12. The molecule has 186 valence electrons. The molecule has 4 amide bonds. The Morgan fingerprint density at radius 2 is 1.91 bits per heavy atom. The molecule has 3 rings (SSSR count). The fraction of sp³-hybridized carbons (Fsp3) is 0.591. The fourth-order valence-electron chi connectivity index (χ4n) is 4.30. The van der Waals surface area contributed by atoms with E-state index in [0.29, 0.717) is 18.5 Å². The van der Waals surface area contributed by atoms with E-state index < -0.39 is 31.8 Å². The summed E-state index contributed by atoms with van der Waals surface area (Å²) in [5.74, 6) is -0.315. The summed E-state index contributed by atoms with van der Waals surface area (Å²) in [4.78, 5) is 51.0. The van der Waals surface area contributed by atoms with Crippen molar-refractivity contribution in [3.05, 3.63) is 39.9 Å². The van der Waals surface area contributed by atoms with Gasteiger partial charge in [0, 0.05) is 25.1 Å². The van der Waals surface area contributed by atoms with Crippen LogP contribution < -0.4 is 5.32 Å². The van der Waals surface area contributed by atoms with Gasteiger partial charge in [0.25, 0.3) is 5.69 Å². The van der Waals surface area contributed by atoms with Crippen molar-refractivity contribution in [1.29, 1.82) is 0 Å². The van der Waals surface area contributed by atoms with Gasteiger partial charge < -0.3 is 14.5 Å². The zero-order valence-corrected chi connectivity index (χ0v) is 21.4. The number of nitro benzene ring substituents is 1. The van der Waals surface area contributed by atoms with Crippen LogP contribution in [-0.2, 0) is 20.6 Å². The van der Waals surface area contributed by atoms with Gasteiger partial charge in [-0.3, -0.25) is 24.7 Å². The number of nitrogens with zero attached hydrogens (tertiary/aromatic N) is 3. The molecule has 0 saturated carbocycles. The van der Waals surface area contributed by atoms with Crippen LogP contribution in [0.15, 0.2) is 24.3 Å². The summed E-state index contributed by atoms with van der Waals surface area (Å²) in [6, 6.07) is 5.27. The van der Waals surface area contributed by atoms with Crippen molar-refractivity contribution in [3.63, 3.8) is 0 Å². The van der Waals surface area contributed by atoms with Gasteiger partial charge >= 0.3 is 12.1 Å². The molecule has 2 fully saturated rings. The summed E-state index contributed by atoms with van der Waals surface area (Å²) in [6.07, 6.45) is -0.155. The summed E-state index contributed by atoms with van der Waals surface area (Å²) in [5.41, 5.74) is -0.782. The van der Waals surface area contributed by atoms with Crippen molar-refractivity contribution in [3.8, 4) is 0 Å². The fourth-order valence-corrected chi connectivity index (χ4v) is 5.48. The average Bonchev–Trinajstić information content (AvgIpc) is 3.27. The first-order valence-electron chi connectivity index (χ1n) is 11.3. The van der Waals surface area contributed by atoms with Crippen molar-refractivity contribution in [2.75, 3.05) is 19.6 Å². The Hall–Kier alpha value is -2.99. The van der Waals surface area contributed by atoms with E-state index in [1.165, 1.54) is 29.2 Å². The van der Waals surface area contributed by atoms with Crippen molar-refractivity contribution >= 4 is 32.8 Å². The SMILES string of the molecule is C[SiH](C)O[C@]1(CN2C(=O)CNC2=O)C[C@H](C(C)(C)C)CN1C(=O)OCc1ccc([N+](=O)[O-])cc1. The molecule has 0 bridgehead atoms. The van der Waals surface area contributed by atoms with Gasteiger partial charge in [-0.05, 0) is 42.1 Å². The van der Waals surface area contributed by atoms with E-state index in [-0.39, 0.29) is 42.6 Å². The first kappa shape index (κ1) is 25.6. The minimum absolute atomic E-state index is 0.0490. The first-order valence-corrected chi connectivity index (χ1v) is 14.0. The molecule has 11 nitrogen and oxygen atoms in total. The Bertz CT molecular complexity index is 947. The molecule has 1 aromatic rings. The zero-order valence-electron chi connectivity index (χ0n) is 20.2. The molecular formula is C22H32N4O7Si. The summed E-state index contributed by atoms with van der Waals surface area (Å²) < 4.78 is 12.0. The lowest BCUT2D eigenvalue weighted by molar-refractivity contribution is -0.384. The minimum atomic E-state index is -1.73. The largest absolute Gasteiger partial charge is 0.444 e. The van der Waals surface area contributed by atoms with Gasteiger partial charge in [-0.1, -0.05) is 20.8 Å². The highest BCUT2D eigenvalue weighted by Gasteiger charge is 2.55. The molecule has 0 aromatic heterocycles. The Kier molecular flexibility index (Phi) is 7.31. The Balaban J connectivity index is 1.86. The zero-order chi connectivity index (χ0) is 25.3. The van der Waals surface area contributed by atoms with E-state index >= 15 is 0 Å². The highest BCUT2D eigenvalue weighted by atomic mass is 28.3. The molecule has 0 unspecified atom stereocenters. The van der Waals surface area contributed by atoms with Gasteiger partial charge in [-0.15, -0.1) is 0 Å². The molecular weight excluding hydrogens is 460 g/mol. The van der Waals surface area contributed by atoms with E-state index in [2.05, 4.69) is 26.1 Å². The number of hydrogen-bond acceptors (Lipinski definition) is 7. The molecule has 12 heteroatoms. The molecule has 1 aromatic carbocycles. The smallest absolute Gasteiger partial charge is 0.412 e. The highest BCUT2D eigenvalue weighted by Crippen LogP contribution is 2.44. The number of rotatable bonds is 7. The van der Waals surface area contributed by atoms with E-state index in [4.69, 9.17) is 9.16 Å². The number of amides is 4. The molecule has 0 spiro atoms. The lowest BCUT2D eigenvalue weighted by Crippen LogP contribution is -2.58. The van der Waals surface area contributed by atoms with Crippen LogP contribution in [0, 0.1) is 21.4 Å². The molecule has 0 aliphatic carbocycles. The molecule has 1 N–H and O–H groups in total. The van der Waals surface area contributed by atoms with E-state index in [9.17, 15) is 24.5 Å². The second-order valence-electron chi connectivity index (χ2n) is 10.1. The lowest BCUT2D eigenvalue weighted by Gasteiger charge is -2.41. The number of urea groups is 1. The quantitative estimate of drug-likeness (QED) is 0.268. The third kappa shape index (κ3) is 5.55. The predicted molar refractivity (Wildman–Crippen MR) is 125 cm³/mol. The standard InChI is InChI=1S/C22H32N4O7Si/c1-21(2,3)16-10-22(33-34(4)5,14-24-18(27)11-23-19(24)28)25(12-16)20(29)32-13-15-6-8-17(9-7-15)26(30)31/h6-9,16,34H,10-14H2,1-5H3,(H,23,28)/t16-,22-/m0/s1. The number of nitro groups is 1. The number of nitrogens with one attached hydrogen (secondary N) is 1. The summed E-state index contributed by atoms with van der Waals surface area (Å²) in [7, 11) is -1.73. The van der Waals surface area contributed by atoms with Gasteiger partial charge in [0.15, 0.2) is 14.8 Å². The molecule has 2 aliphatic rings. The highest BCUT2D eigenvalue weighted by molar-refractivity contribution is 6.48. The maximum atomic E-state index is 13.3. The van der Waals surface area contributed by atoms with Gasteiger partial charge in [-0.2, -0.15) is 0 Å². The van der Waals surface area contributed by atoms with Gasteiger partial charge in [0.2, 0.25) is 5.91 Å². The molecule has 2 aliphatic heterocycles. The van der Waals surface area contributed by atoms with Crippen LogP contribution in [0.2, 0.25) is 13.1 Å². The Labute approximate surface area is 200 Å². The normalized spacial score (nSPS) is 22.9. The van der Waals surface area contributed by atoms with Gasteiger partial charge in [0.05, 0.1) is 18.0 Å². The Morgan fingerprint density at radius 3 is 2.41 bits per heavy atom. The first-order chi connectivity index (χ1) is 15.8. The average molecular weight is 493 g/mol. The number of carbonyl (C=O) groups excluding carboxylic acids is 3. The van der Waals surface area contributed by atoms with E-state index in [1.54, 1.807) is 0 Å². The van der Waals surface area contributed by atoms with Crippen LogP contribution in [0.1, 0.15) is 32.8 Å². The van der Waals surface area contributed by atoms with Crippen molar-refractivity contribution < 1.29 is 28.5 Å². The molecule has 2 atom stereocenters. The van der Waals surface area contributed by atoms with Gasteiger partial charge in [0.1, 0.15) is 6.61 Å². The molecule has 2 heterocycles. The van der Waals surface area contributed by atoms with Crippen LogP contribution in [0.4, 0.5) is 15.3 Å². The maximum absolute atomic E-state index is 13.3. The maximum Gasteiger partial charge on any atom is 0.412 e. The second kappa shape index (κ2) is 9.70.